The Morgan fingerprint density at radius 3 is 1.57 bits per heavy atom. The molecule has 2 rings (SSSR count). The molecule has 0 radical (unpaired) electrons. The summed E-state index contributed by atoms with van der Waals surface area (Å²) in [5.74, 6) is -0.138. The maximum Gasteiger partial charge on any atom is 0.254 e. The van der Waals surface area contributed by atoms with Crippen LogP contribution in [0.2, 0.25) is 0 Å². The standard InChI is InChI=1S/C24H32FNO.C2H6.CH4/c1-15-16(2)18(4)21(19(5)17(15)3)22(27)26(9)23(6,7)24(8,25)20-13-11-10-12-14-20;1-2;/h10-14H,1-9H3;1-2H3;1H4. The average Bonchev–Trinajstić information content (AvgIpc) is 2.72. The predicted octanol–water partition coefficient (Wildman–Crippen LogP) is 7.63. The lowest BCUT2D eigenvalue weighted by Gasteiger charge is -2.45. The monoisotopic (exact) mass is 415 g/mol. The van der Waals surface area contributed by atoms with Crippen molar-refractivity contribution in [1.82, 2.24) is 4.90 Å². The van der Waals surface area contributed by atoms with Gasteiger partial charge in [0.1, 0.15) is 0 Å². The largest absolute Gasteiger partial charge is 0.333 e. The maximum absolute atomic E-state index is 16.0. The first-order valence-corrected chi connectivity index (χ1v) is 10.4. The summed E-state index contributed by atoms with van der Waals surface area (Å²) in [6.07, 6.45) is 0. The molecule has 30 heavy (non-hydrogen) atoms. The third-order valence-electron chi connectivity index (χ3n) is 6.82. The number of rotatable bonds is 4. The van der Waals surface area contributed by atoms with Gasteiger partial charge in [0.15, 0.2) is 5.67 Å². The second-order valence-electron chi connectivity index (χ2n) is 8.29. The van der Waals surface area contributed by atoms with Crippen LogP contribution in [-0.2, 0) is 5.67 Å². The van der Waals surface area contributed by atoms with Crippen molar-refractivity contribution in [2.45, 2.75) is 87.9 Å². The van der Waals surface area contributed by atoms with E-state index in [-0.39, 0.29) is 13.3 Å². The number of benzene rings is 2. The molecule has 0 saturated carbocycles. The van der Waals surface area contributed by atoms with Crippen molar-refractivity contribution >= 4 is 5.91 Å². The lowest BCUT2D eigenvalue weighted by Crippen LogP contribution is -2.56. The van der Waals surface area contributed by atoms with E-state index in [2.05, 4.69) is 6.92 Å². The lowest BCUT2D eigenvalue weighted by molar-refractivity contribution is -0.00922. The Kier molecular flexibility index (Phi) is 9.50. The zero-order chi connectivity index (χ0) is 22.7. The van der Waals surface area contributed by atoms with Crippen LogP contribution in [0, 0.1) is 34.6 Å². The molecule has 0 aliphatic rings. The second-order valence-corrected chi connectivity index (χ2v) is 8.29. The Bertz CT molecular complexity index is 837. The van der Waals surface area contributed by atoms with E-state index in [1.807, 2.05) is 59.7 Å². The number of nitrogens with zero attached hydrogens (tertiary/aromatic N) is 1. The van der Waals surface area contributed by atoms with E-state index in [0.29, 0.717) is 11.1 Å². The number of alkyl halides is 1. The molecule has 0 fully saturated rings. The fraction of sp³-hybridized carbons (Fsp3) is 0.519. The van der Waals surface area contributed by atoms with Crippen LogP contribution in [0.15, 0.2) is 30.3 Å². The highest BCUT2D eigenvalue weighted by molar-refractivity contribution is 5.98. The highest BCUT2D eigenvalue weighted by Crippen LogP contribution is 2.41. The van der Waals surface area contributed by atoms with Crippen molar-refractivity contribution in [1.29, 1.82) is 0 Å². The van der Waals surface area contributed by atoms with Gasteiger partial charge in [0.05, 0.1) is 5.54 Å². The zero-order valence-electron chi connectivity index (χ0n) is 20.1. The van der Waals surface area contributed by atoms with Gasteiger partial charge >= 0.3 is 0 Å². The molecular weight excluding hydrogens is 373 g/mol. The molecule has 3 heteroatoms. The number of carbonyl (C=O) groups is 1. The molecule has 1 amide bonds. The van der Waals surface area contributed by atoms with Gasteiger partial charge in [-0.25, -0.2) is 4.39 Å². The molecule has 0 aromatic heterocycles. The minimum Gasteiger partial charge on any atom is -0.333 e. The number of hydrogen-bond acceptors (Lipinski definition) is 1. The Morgan fingerprint density at radius 2 is 1.17 bits per heavy atom. The summed E-state index contributed by atoms with van der Waals surface area (Å²) in [5, 5.41) is 0. The SMILES string of the molecule is C.CC.Cc1c(C)c(C)c(C(=O)N(C)C(C)(C)C(C)(F)c2ccccc2)c(C)c1C. The molecule has 1 atom stereocenters. The quantitative estimate of drug-likeness (QED) is 0.503. The third kappa shape index (κ3) is 4.61. The zero-order valence-corrected chi connectivity index (χ0v) is 20.1. The van der Waals surface area contributed by atoms with E-state index in [9.17, 15) is 4.79 Å². The van der Waals surface area contributed by atoms with Gasteiger partial charge in [0.25, 0.3) is 5.91 Å². The van der Waals surface area contributed by atoms with Crippen LogP contribution in [0.1, 0.15) is 85.8 Å². The summed E-state index contributed by atoms with van der Waals surface area (Å²) in [6, 6.07) is 9.07. The van der Waals surface area contributed by atoms with E-state index in [1.165, 1.54) is 5.56 Å². The van der Waals surface area contributed by atoms with Crippen LogP contribution in [0.4, 0.5) is 4.39 Å². The molecule has 0 saturated heterocycles. The van der Waals surface area contributed by atoms with E-state index >= 15 is 4.39 Å². The summed E-state index contributed by atoms with van der Waals surface area (Å²) in [4.78, 5) is 15.0. The van der Waals surface area contributed by atoms with Gasteiger partial charge < -0.3 is 4.90 Å². The maximum atomic E-state index is 16.0. The van der Waals surface area contributed by atoms with Crippen LogP contribution in [0.5, 0.6) is 0 Å². The minimum absolute atomic E-state index is 0. The summed E-state index contributed by atoms with van der Waals surface area (Å²) in [6.45, 7) is 19.3. The van der Waals surface area contributed by atoms with Crippen LogP contribution in [0.3, 0.4) is 0 Å². The minimum atomic E-state index is -1.70. The lowest BCUT2D eigenvalue weighted by atomic mass is 9.78. The van der Waals surface area contributed by atoms with Gasteiger partial charge in [0.2, 0.25) is 0 Å². The van der Waals surface area contributed by atoms with Crippen molar-refractivity contribution in [3.05, 3.63) is 69.3 Å². The van der Waals surface area contributed by atoms with Crippen molar-refractivity contribution in [2.75, 3.05) is 7.05 Å². The first kappa shape index (κ1) is 27.8. The molecule has 0 N–H and O–H groups in total. The van der Waals surface area contributed by atoms with Crippen LogP contribution in [-0.4, -0.2) is 23.4 Å². The van der Waals surface area contributed by atoms with Crippen molar-refractivity contribution < 1.29 is 9.18 Å². The van der Waals surface area contributed by atoms with Crippen molar-refractivity contribution in [3.63, 3.8) is 0 Å². The van der Waals surface area contributed by atoms with Crippen LogP contribution in [0.25, 0.3) is 0 Å². The highest BCUT2D eigenvalue weighted by Gasteiger charge is 2.48. The number of halogens is 1. The fourth-order valence-corrected chi connectivity index (χ4v) is 3.66. The smallest absolute Gasteiger partial charge is 0.254 e. The number of likely N-dealkylation sites (N-methyl/N-ethyl adjacent to an activating group) is 1. The van der Waals surface area contributed by atoms with E-state index < -0.39 is 11.2 Å². The van der Waals surface area contributed by atoms with Crippen LogP contribution >= 0.6 is 0 Å². The fourth-order valence-electron chi connectivity index (χ4n) is 3.66. The van der Waals surface area contributed by atoms with Gasteiger partial charge in [-0.1, -0.05) is 51.6 Å². The van der Waals surface area contributed by atoms with Crippen molar-refractivity contribution in [2.24, 2.45) is 0 Å². The van der Waals surface area contributed by atoms with Gasteiger partial charge in [-0.3, -0.25) is 4.79 Å². The van der Waals surface area contributed by atoms with Gasteiger partial charge in [-0.2, -0.15) is 0 Å². The second kappa shape index (κ2) is 10.2. The predicted molar refractivity (Wildman–Crippen MR) is 129 cm³/mol. The molecule has 0 heterocycles. The topological polar surface area (TPSA) is 20.3 Å². The summed E-state index contributed by atoms with van der Waals surface area (Å²) in [5.41, 5.74) is 3.94. The Labute approximate surface area is 184 Å². The summed E-state index contributed by atoms with van der Waals surface area (Å²) < 4.78 is 16.0. The molecule has 168 valence electrons. The number of hydrogen-bond donors (Lipinski definition) is 0. The summed E-state index contributed by atoms with van der Waals surface area (Å²) in [7, 11) is 1.70. The van der Waals surface area contributed by atoms with E-state index in [4.69, 9.17) is 0 Å². The van der Waals surface area contributed by atoms with E-state index in [1.54, 1.807) is 44.9 Å². The van der Waals surface area contributed by atoms with Crippen molar-refractivity contribution in [3.8, 4) is 0 Å². The number of carbonyl (C=O) groups excluding carboxylic acids is 1. The molecule has 0 aliphatic heterocycles. The molecule has 2 nitrogen and oxygen atoms in total. The number of amides is 1. The molecule has 2 aromatic rings. The molecular formula is C27H42FNO. The summed E-state index contributed by atoms with van der Waals surface area (Å²) >= 11 is 0. The first-order valence-electron chi connectivity index (χ1n) is 10.4. The average molecular weight is 416 g/mol. The molecule has 0 bridgehead atoms. The molecule has 1 unspecified atom stereocenters. The van der Waals surface area contributed by atoms with Gasteiger partial charge in [0, 0.05) is 12.6 Å². The Balaban J connectivity index is 0.00000272. The molecule has 0 spiro atoms. The van der Waals surface area contributed by atoms with Crippen LogP contribution < -0.4 is 0 Å². The highest BCUT2D eigenvalue weighted by atomic mass is 19.1. The third-order valence-corrected chi connectivity index (χ3v) is 6.82. The Morgan fingerprint density at radius 1 is 0.800 bits per heavy atom. The normalized spacial score (nSPS) is 12.8. The Hall–Kier alpha value is -2.16. The first-order chi connectivity index (χ1) is 13.4. The van der Waals surface area contributed by atoms with E-state index in [0.717, 1.165) is 22.3 Å². The van der Waals surface area contributed by atoms with Gasteiger partial charge in [-0.15, -0.1) is 0 Å². The van der Waals surface area contributed by atoms with Gasteiger partial charge in [-0.05, 0) is 88.8 Å². The molecule has 2 aromatic carbocycles. The molecule has 0 aliphatic carbocycles.